The number of halogens is 2. The molecule has 0 spiro atoms. The van der Waals surface area contributed by atoms with E-state index in [1.165, 1.54) is 24.3 Å². The third kappa shape index (κ3) is 3.59. The first kappa shape index (κ1) is 17.6. The average Bonchev–Trinajstić information content (AvgIpc) is 2.89. The first-order chi connectivity index (χ1) is 11.8. The molecule has 5 nitrogen and oxygen atoms in total. The van der Waals surface area contributed by atoms with Gasteiger partial charge in [0.15, 0.2) is 0 Å². The first-order valence-electron chi connectivity index (χ1n) is 7.29. The molecule has 3 rings (SSSR count). The van der Waals surface area contributed by atoms with E-state index in [-0.39, 0.29) is 10.6 Å². The number of nitrogens with one attached hydrogen (secondary N) is 1. The van der Waals surface area contributed by atoms with Crippen molar-refractivity contribution in [1.82, 2.24) is 5.16 Å². The van der Waals surface area contributed by atoms with Crippen LogP contribution in [-0.4, -0.2) is 13.6 Å². The molecule has 0 aliphatic rings. The number of aromatic nitrogens is 1. The molecule has 0 aliphatic carbocycles. The van der Waals surface area contributed by atoms with Crippen molar-refractivity contribution in [2.24, 2.45) is 0 Å². The zero-order valence-electron chi connectivity index (χ0n) is 13.4. The van der Waals surface area contributed by atoms with Gasteiger partial charge in [0, 0.05) is 10.0 Å². The summed E-state index contributed by atoms with van der Waals surface area (Å²) in [7, 11) is -3.90. The lowest BCUT2D eigenvalue weighted by atomic mass is 10.0. The number of sulfonamides is 1. The number of benzene rings is 2. The molecule has 0 saturated carbocycles. The fourth-order valence-electron chi connectivity index (χ4n) is 2.47. The van der Waals surface area contributed by atoms with Crippen molar-refractivity contribution < 1.29 is 17.3 Å². The Bertz CT molecular complexity index is 1010. The van der Waals surface area contributed by atoms with Gasteiger partial charge < -0.3 is 4.52 Å². The van der Waals surface area contributed by atoms with Crippen LogP contribution < -0.4 is 4.72 Å². The zero-order valence-corrected chi connectivity index (χ0v) is 15.8. The molecule has 0 unspecified atom stereocenters. The van der Waals surface area contributed by atoms with E-state index < -0.39 is 15.8 Å². The van der Waals surface area contributed by atoms with Crippen LogP contribution in [0.25, 0.3) is 11.1 Å². The second kappa shape index (κ2) is 6.61. The van der Waals surface area contributed by atoms with Crippen LogP contribution >= 0.6 is 15.9 Å². The van der Waals surface area contributed by atoms with Crippen LogP contribution in [-0.2, 0) is 10.0 Å². The van der Waals surface area contributed by atoms with Crippen molar-refractivity contribution in [2.75, 3.05) is 4.72 Å². The highest BCUT2D eigenvalue weighted by Crippen LogP contribution is 2.28. The molecule has 1 N–H and O–H groups in total. The number of hydrogen-bond acceptors (Lipinski definition) is 4. The Labute approximate surface area is 153 Å². The predicted molar refractivity (Wildman–Crippen MR) is 96.3 cm³/mol. The van der Waals surface area contributed by atoms with Crippen LogP contribution in [0.1, 0.15) is 11.5 Å². The molecular weight excluding hydrogens is 411 g/mol. The molecule has 0 bridgehead atoms. The Kier molecular flexibility index (Phi) is 4.66. The highest BCUT2D eigenvalue weighted by molar-refractivity contribution is 9.10. The summed E-state index contributed by atoms with van der Waals surface area (Å²) in [5.74, 6) is -0.00606. The van der Waals surface area contributed by atoms with Crippen LogP contribution in [0.4, 0.5) is 10.1 Å². The maximum absolute atomic E-state index is 13.9. The van der Waals surface area contributed by atoms with E-state index in [9.17, 15) is 12.8 Å². The molecule has 0 fully saturated rings. The van der Waals surface area contributed by atoms with Crippen molar-refractivity contribution in [3.05, 3.63) is 64.2 Å². The molecule has 0 amide bonds. The molecule has 0 saturated heterocycles. The van der Waals surface area contributed by atoms with Crippen molar-refractivity contribution in [1.29, 1.82) is 0 Å². The normalized spacial score (nSPS) is 11.5. The summed E-state index contributed by atoms with van der Waals surface area (Å²) in [6.07, 6.45) is 0. The summed E-state index contributed by atoms with van der Waals surface area (Å²) in [6, 6.07) is 10.4. The van der Waals surface area contributed by atoms with E-state index in [0.29, 0.717) is 10.2 Å². The quantitative estimate of drug-likeness (QED) is 0.660. The Morgan fingerprint density at radius 3 is 2.36 bits per heavy atom. The van der Waals surface area contributed by atoms with E-state index >= 15 is 0 Å². The van der Waals surface area contributed by atoms with Gasteiger partial charge >= 0.3 is 0 Å². The third-order valence-corrected chi connectivity index (χ3v) is 5.54. The van der Waals surface area contributed by atoms with Gasteiger partial charge in [-0.3, -0.25) is 4.72 Å². The Balaban J connectivity index is 1.91. The number of hydrogen-bond donors (Lipinski definition) is 1. The minimum absolute atomic E-state index is 0.0327. The highest BCUT2D eigenvalue weighted by Gasteiger charge is 2.18. The minimum Gasteiger partial charge on any atom is -0.361 e. The summed E-state index contributed by atoms with van der Waals surface area (Å²) in [5.41, 5.74) is 2.24. The largest absolute Gasteiger partial charge is 0.361 e. The molecular formula is C17H14BrFN2O3S. The van der Waals surface area contributed by atoms with Gasteiger partial charge in [-0.2, -0.15) is 0 Å². The standard InChI is InChI=1S/C17H14BrFN2O3S/c1-10-17(11(2)24-20-10)12-3-6-14(7-4-12)25(22,23)21-16-8-5-13(18)9-15(16)19/h3-9,21H,1-2H3. The van der Waals surface area contributed by atoms with Crippen molar-refractivity contribution in [3.63, 3.8) is 0 Å². The summed E-state index contributed by atoms with van der Waals surface area (Å²) in [5, 5.41) is 3.89. The van der Waals surface area contributed by atoms with Crippen LogP contribution in [0.15, 0.2) is 56.4 Å². The number of rotatable bonds is 4. The van der Waals surface area contributed by atoms with Gasteiger partial charge in [0.2, 0.25) is 0 Å². The van der Waals surface area contributed by atoms with Gasteiger partial charge in [-0.05, 0) is 49.7 Å². The lowest BCUT2D eigenvalue weighted by Crippen LogP contribution is -2.13. The van der Waals surface area contributed by atoms with Gasteiger partial charge in [0.1, 0.15) is 11.6 Å². The molecule has 2 aromatic carbocycles. The molecule has 130 valence electrons. The second-order valence-corrected chi connectivity index (χ2v) is 8.05. The van der Waals surface area contributed by atoms with Crippen molar-refractivity contribution in [2.45, 2.75) is 18.7 Å². The van der Waals surface area contributed by atoms with E-state index in [0.717, 1.165) is 16.8 Å². The molecule has 0 atom stereocenters. The predicted octanol–water partition coefficient (Wildman–Crippen LogP) is 4.66. The maximum Gasteiger partial charge on any atom is 0.261 e. The van der Waals surface area contributed by atoms with Gasteiger partial charge in [-0.15, -0.1) is 0 Å². The van der Waals surface area contributed by atoms with Crippen molar-refractivity contribution >= 4 is 31.6 Å². The van der Waals surface area contributed by atoms with Gasteiger partial charge in [-0.25, -0.2) is 12.8 Å². The van der Waals surface area contributed by atoms with E-state index in [4.69, 9.17) is 4.52 Å². The lowest BCUT2D eigenvalue weighted by Gasteiger charge is -2.10. The number of aryl methyl sites for hydroxylation is 2. The van der Waals surface area contributed by atoms with Crippen LogP contribution in [0.5, 0.6) is 0 Å². The second-order valence-electron chi connectivity index (χ2n) is 5.45. The summed E-state index contributed by atoms with van der Waals surface area (Å²) < 4.78 is 46.7. The smallest absolute Gasteiger partial charge is 0.261 e. The fraction of sp³-hybridized carbons (Fsp3) is 0.118. The molecule has 8 heteroatoms. The molecule has 3 aromatic rings. The maximum atomic E-state index is 13.9. The topological polar surface area (TPSA) is 72.2 Å². The first-order valence-corrected chi connectivity index (χ1v) is 9.57. The Morgan fingerprint density at radius 1 is 1.12 bits per heavy atom. The average molecular weight is 425 g/mol. The highest BCUT2D eigenvalue weighted by atomic mass is 79.9. The van der Waals surface area contributed by atoms with Gasteiger partial charge in [-0.1, -0.05) is 33.2 Å². The molecule has 0 aliphatic heterocycles. The van der Waals surface area contributed by atoms with Crippen LogP contribution in [0.2, 0.25) is 0 Å². The fourth-order valence-corrected chi connectivity index (χ4v) is 3.87. The zero-order chi connectivity index (χ0) is 18.2. The van der Waals surface area contributed by atoms with E-state index in [2.05, 4.69) is 25.8 Å². The molecule has 1 heterocycles. The monoisotopic (exact) mass is 424 g/mol. The summed E-state index contributed by atoms with van der Waals surface area (Å²) >= 11 is 3.13. The SMILES string of the molecule is Cc1noc(C)c1-c1ccc(S(=O)(=O)Nc2ccc(Br)cc2F)cc1. The number of nitrogens with zero attached hydrogens (tertiary/aromatic N) is 1. The van der Waals surface area contributed by atoms with E-state index in [1.807, 2.05) is 6.92 Å². The molecule has 25 heavy (non-hydrogen) atoms. The van der Waals surface area contributed by atoms with Gasteiger partial charge in [0.25, 0.3) is 10.0 Å². The van der Waals surface area contributed by atoms with E-state index in [1.54, 1.807) is 25.1 Å². The minimum atomic E-state index is -3.90. The number of anilines is 1. The summed E-state index contributed by atoms with van der Waals surface area (Å²) in [6.45, 7) is 3.60. The summed E-state index contributed by atoms with van der Waals surface area (Å²) in [4.78, 5) is 0.0327. The third-order valence-electron chi connectivity index (χ3n) is 3.66. The Morgan fingerprint density at radius 2 is 1.80 bits per heavy atom. The molecule has 0 radical (unpaired) electrons. The van der Waals surface area contributed by atoms with Crippen LogP contribution in [0.3, 0.4) is 0 Å². The Hall–Kier alpha value is -2.19. The van der Waals surface area contributed by atoms with Crippen molar-refractivity contribution in [3.8, 4) is 11.1 Å². The van der Waals surface area contributed by atoms with Gasteiger partial charge in [0.05, 0.1) is 16.3 Å². The lowest BCUT2D eigenvalue weighted by molar-refractivity contribution is 0.393. The molecule has 1 aromatic heterocycles. The van der Waals surface area contributed by atoms with Crippen LogP contribution in [0, 0.1) is 19.7 Å².